The molecule has 2 aliphatic rings. The van der Waals surface area contributed by atoms with Crippen LogP contribution >= 0.6 is 0 Å². The lowest BCUT2D eigenvalue weighted by molar-refractivity contribution is -0.155. The standard InChI is InChI=1S/C22H36N4O7/c1-13(24(6)21(31)33-22(3,4)5)18(28)23-16-12-25(14(2)27)11-10-15-8-9-17(20(30)32-7)26(15)19(16)29/h13,15-17H,8-12H2,1-7H3,(H,23,28)/t13-,15+,16-,17-/m0/s1. The first-order chi connectivity index (χ1) is 15.3. The van der Waals surface area contributed by atoms with Crippen molar-refractivity contribution in [2.45, 2.75) is 83.6 Å². The van der Waals surface area contributed by atoms with Crippen LogP contribution in [0.2, 0.25) is 0 Å². The Morgan fingerprint density at radius 3 is 2.33 bits per heavy atom. The van der Waals surface area contributed by atoms with E-state index in [4.69, 9.17) is 9.47 Å². The number of amides is 4. The van der Waals surface area contributed by atoms with Crippen molar-refractivity contribution in [3.8, 4) is 0 Å². The molecule has 0 radical (unpaired) electrons. The lowest BCUT2D eigenvalue weighted by atomic mass is 10.1. The van der Waals surface area contributed by atoms with E-state index in [1.54, 1.807) is 20.8 Å². The molecule has 33 heavy (non-hydrogen) atoms. The highest BCUT2D eigenvalue weighted by Crippen LogP contribution is 2.30. The van der Waals surface area contributed by atoms with E-state index >= 15 is 0 Å². The minimum absolute atomic E-state index is 0.0279. The summed E-state index contributed by atoms with van der Waals surface area (Å²) in [5.41, 5.74) is -0.729. The summed E-state index contributed by atoms with van der Waals surface area (Å²) in [5.74, 6) is -1.73. The molecule has 0 aromatic carbocycles. The Balaban J connectivity index is 2.23. The maximum Gasteiger partial charge on any atom is 0.410 e. The van der Waals surface area contributed by atoms with Crippen LogP contribution in [-0.4, -0.2) is 101 Å². The quantitative estimate of drug-likeness (QED) is 0.596. The number of methoxy groups -OCH3 is 1. The van der Waals surface area contributed by atoms with Crippen LogP contribution in [0, 0.1) is 0 Å². The minimum Gasteiger partial charge on any atom is -0.467 e. The zero-order valence-corrected chi connectivity index (χ0v) is 20.5. The highest BCUT2D eigenvalue weighted by Gasteiger charge is 2.46. The van der Waals surface area contributed by atoms with E-state index in [0.717, 1.165) is 4.90 Å². The van der Waals surface area contributed by atoms with Gasteiger partial charge >= 0.3 is 12.1 Å². The van der Waals surface area contributed by atoms with E-state index in [9.17, 15) is 24.0 Å². The van der Waals surface area contributed by atoms with E-state index in [1.807, 2.05) is 0 Å². The Morgan fingerprint density at radius 1 is 1.15 bits per heavy atom. The highest BCUT2D eigenvalue weighted by atomic mass is 16.6. The highest BCUT2D eigenvalue weighted by molar-refractivity contribution is 5.94. The van der Waals surface area contributed by atoms with Gasteiger partial charge < -0.3 is 24.6 Å². The van der Waals surface area contributed by atoms with Crippen molar-refractivity contribution in [3.63, 3.8) is 0 Å². The van der Waals surface area contributed by atoms with Crippen LogP contribution in [0.15, 0.2) is 0 Å². The van der Waals surface area contributed by atoms with Gasteiger partial charge in [0.15, 0.2) is 0 Å². The Kier molecular flexibility index (Phi) is 8.31. The fourth-order valence-electron chi connectivity index (χ4n) is 4.10. The normalized spacial score (nSPS) is 24.2. The van der Waals surface area contributed by atoms with E-state index in [-0.39, 0.29) is 18.5 Å². The third-order valence-electron chi connectivity index (χ3n) is 6.07. The third-order valence-corrected chi connectivity index (χ3v) is 6.07. The summed E-state index contributed by atoms with van der Waals surface area (Å²) >= 11 is 0. The molecule has 2 saturated heterocycles. The molecule has 4 amide bonds. The molecule has 186 valence electrons. The predicted molar refractivity (Wildman–Crippen MR) is 118 cm³/mol. The van der Waals surface area contributed by atoms with Gasteiger partial charge in [-0.2, -0.15) is 0 Å². The van der Waals surface area contributed by atoms with Crippen molar-refractivity contribution in [2.75, 3.05) is 27.2 Å². The van der Waals surface area contributed by atoms with Gasteiger partial charge in [-0.3, -0.25) is 19.3 Å². The fourth-order valence-corrected chi connectivity index (χ4v) is 4.10. The average Bonchev–Trinajstić information content (AvgIpc) is 3.14. The lowest BCUT2D eigenvalue weighted by Gasteiger charge is -2.38. The molecule has 2 heterocycles. The Labute approximate surface area is 194 Å². The van der Waals surface area contributed by atoms with Crippen LogP contribution in [0.25, 0.3) is 0 Å². The topological polar surface area (TPSA) is 126 Å². The first-order valence-corrected chi connectivity index (χ1v) is 11.2. The largest absolute Gasteiger partial charge is 0.467 e. The number of fused-ring (bicyclic) bond motifs is 1. The number of hydrogen-bond acceptors (Lipinski definition) is 7. The molecule has 2 rings (SSSR count). The van der Waals surface area contributed by atoms with Crippen molar-refractivity contribution in [1.82, 2.24) is 20.0 Å². The Hall–Kier alpha value is -2.85. The zero-order chi connectivity index (χ0) is 25.1. The second kappa shape index (κ2) is 10.4. The van der Waals surface area contributed by atoms with Gasteiger partial charge in [0.05, 0.1) is 7.11 Å². The summed E-state index contributed by atoms with van der Waals surface area (Å²) < 4.78 is 10.2. The SMILES string of the molecule is COC(=O)[C@@H]1CC[C@@H]2CCN(C(C)=O)C[C@H](NC(=O)[C@H](C)N(C)C(=O)OC(C)(C)C)C(=O)N21. The van der Waals surface area contributed by atoms with Crippen molar-refractivity contribution < 1.29 is 33.4 Å². The summed E-state index contributed by atoms with van der Waals surface area (Å²) in [5, 5.41) is 2.68. The molecule has 0 unspecified atom stereocenters. The molecule has 0 saturated carbocycles. The first kappa shape index (κ1) is 26.4. The van der Waals surface area contributed by atoms with Crippen molar-refractivity contribution in [2.24, 2.45) is 0 Å². The monoisotopic (exact) mass is 468 g/mol. The predicted octanol–water partition coefficient (Wildman–Crippen LogP) is 0.511. The Bertz CT molecular complexity index is 794. The molecular formula is C22H36N4O7. The third kappa shape index (κ3) is 6.35. The molecule has 4 atom stereocenters. The molecule has 0 aromatic rings. The molecular weight excluding hydrogens is 432 g/mol. The van der Waals surface area contributed by atoms with Crippen LogP contribution in [0.4, 0.5) is 4.79 Å². The van der Waals surface area contributed by atoms with Gasteiger partial charge in [-0.1, -0.05) is 0 Å². The number of hydrogen-bond donors (Lipinski definition) is 1. The molecule has 0 bridgehead atoms. The molecule has 0 spiro atoms. The minimum atomic E-state index is -1.07. The van der Waals surface area contributed by atoms with Crippen molar-refractivity contribution in [1.29, 1.82) is 0 Å². The summed E-state index contributed by atoms with van der Waals surface area (Å²) in [7, 11) is 2.71. The van der Waals surface area contributed by atoms with E-state index < -0.39 is 47.6 Å². The maximum atomic E-state index is 13.5. The molecule has 11 nitrogen and oxygen atoms in total. The van der Waals surface area contributed by atoms with Crippen molar-refractivity contribution in [3.05, 3.63) is 0 Å². The molecule has 1 N–H and O–H groups in total. The number of carbonyl (C=O) groups is 5. The number of rotatable bonds is 4. The van der Waals surface area contributed by atoms with Crippen LogP contribution in [0.5, 0.6) is 0 Å². The van der Waals surface area contributed by atoms with E-state index in [0.29, 0.717) is 25.8 Å². The number of ether oxygens (including phenoxy) is 2. The molecule has 0 aromatic heterocycles. The molecule has 2 fully saturated rings. The summed E-state index contributed by atoms with van der Waals surface area (Å²) in [6.45, 7) is 8.46. The van der Waals surface area contributed by atoms with Gasteiger partial charge in [0.1, 0.15) is 23.7 Å². The zero-order valence-electron chi connectivity index (χ0n) is 20.5. The lowest BCUT2D eigenvalue weighted by Crippen LogP contribution is -2.62. The van der Waals surface area contributed by atoms with Gasteiger partial charge in [0.25, 0.3) is 0 Å². The number of carbonyl (C=O) groups excluding carboxylic acids is 5. The average molecular weight is 469 g/mol. The van der Waals surface area contributed by atoms with Gasteiger partial charge in [-0.15, -0.1) is 0 Å². The second-order valence-electron chi connectivity index (χ2n) is 9.60. The smallest absolute Gasteiger partial charge is 0.410 e. The second-order valence-corrected chi connectivity index (χ2v) is 9.60. The summed E-state index contributed by atoms with van der Waals surface area (Å²) in [4.78, 5) is 67.4. The van der Waals surface area contributed by atoms with E-state index in [1.165, 1.54) is 37.8 Å². The Morgan fingerprint density at radius 2 is 1.79 bits per heavy atom. The van der Waals surface area contributed by atoms with Gasteiger partial charge in [0.2, 0.25) is 17.7 Å². The molecule has 11 heteroatoms. The molecule has 0 aliphatic carbocycles. The first-order valence-electron chi connectivity index (χ1n) is 11.2. The number of nitrogens with zero attached hydrogens (tertiary/aromatic N) is 3. The van der Waals surface area contributed by atoms with Gasteiger partial charge in [-0.25, -0.2) is 9.59 Å². The number of likely N-dealkylation sites (N-methyl/N-ethyl adjacent to an activating group) is 1. The van der Waals surface area contributed by atoms with Gasteiger partial charge in [0, 0.05) is 33.1 Å². The van der Waals surface area contributed by atoms with Crippen molar-refractivity contribution >= 4 is 29.8 Å². The summed E-state index contributed by atoms with van der Waals surface area (Å²) in [6.07, 6.45) is 0.930. The van der Waals surface area contributed by atoms with Gasteiger partial charge in [-0.05, 0) is 47.0 Å². The van der Waals surface area contributed by atoms with E-state index in [2.05, 4.69) is 5.32 Å². The fraction of sp³-hybridized carbons (Fsp3) is 0.773. The molecule has 2 aliphatic heterocycles. The number of esters is 1. The van der Waals surface area contributed by atoms with Crippen LogP contribution in [0.1, 0.15) is 53.9 Å². The maximum absolute atomic E-state index is 13.5. The van der Waals surface area contributed by atoms with Crippen LogP contribution in [0.3, 0.4) is 0 Å². The van der Waals surface area contributed by atoms with Crippen LogP contribution in [-0.2, 0) is 28.7 Å². The number of nitrogens with one attached hydrogen (secondary N) is 1. The summed E-state index contributed by atoms with van der Waals surface area (Å²) in [6, 6.07) is -2.96. The van der Waals surface area contributed by atoms with Crippen LogP contribution < -0.4 is 5.32 Å².